The molecule has 0 aliphatic carbocycles. The number of anilines is 1. The predicted molar refractivity (Wildman–Crippen MR) is 129 cm³/mol. The molecule has 7 nitrogen and oxygen atoms in total. The Morgan fingerprint density at radius 2 is 2.03 bits per heavy atom. The second-order valence-corrected chi connectivity index (χ2v) is 9.36. The molecule has 1 saturated heterocycles. The van der Waals surface area contributed by atoms with Gasteiger partial charge in [0.25, 0.3) is 0 Å². The number of benzene rings is 2. The minimum Gasteiger partial charge on any atom is -0.376 e. The molecule has 2 unspecified atom stereocenters. The van der Waals surface area contributed by atoms with Gasteiger partial charge in [-0.1, -0.05) is 30.0 Å². The van der Waals surface area contributed by atoms with Crippen molar-refractivity contribution >= 4 is 23.4 Å². The van der Waals surface area contributed by atoms with E-state index >= 15 is 0 Å². The largest absolute Gasteiger partial charge is 0.376 e. The van der Waals surface area contributed by atoms with Crippen LogP contribution in [0.2, 0.25) is 0 Å². The highest BCUT2D eigenvalue weighted by Crippen LogP contribution is 2.30. The number of para-hydroxylation sites is 1. The maximum atomic E-state index is 13.5. The van der Waals surface area contributed by atoms with Gasteiger partial charge in [0.2, 0.25) is 5.91 Å². The maximum absolute atomic E-state index is 13.5. The second-order valence-electron chi connectivity index (χ2n) is 8.05. The van der Waals surface area contributed by atoms with E-state index < -0.39 is 5.25 Å². The van der Waals surface area contributed by atoms with Crippen molar-refractivity contribution in [3.63, 3.8) is 0 Å². The van der Waals surface area contributed by atoms with Crippen LogP contribution in [0.1, 0.15) is 26.2 Å². The number of nitriles is 1. The number of rotatable bonds is 9. The van der Waals surface area contributed by atoms with Crippen molar-refractivity contribution in [3.05, 3.63) is 60.4 Å². The number of carbonyl (C=O) groups excluding carboxylic acids is 1. The Hall–Kier alpha value is -3.22. The van der Waals surface area contributed by atoms with Crippen molar-refractivity contribution in [1.82, 2.24) is 14.8 Å². The average molecular weight is 480 g/mol. The topological polar surface area (TPSA) is 84.0 Å². The molecule has 0 spiro atoms. The van der Waals surface area contributed by atoms with Crippen LogP contribution in [0.15, 0.2) is 59.8 Å². The van der Waals surface area contributed by atoms with Gasteiger partial charge in [0.15, 0.2) is 11.0 Å². The van der Waals surface area contributed by atoms with Crippen molar-refractivity contribution in [2.75, 3.05) is 18.1 Å². The molecule has 0 N–H and O–H groups in total. The van der Waals surface area contributed by atoms with Crippen molar-refractivity contribution in [2.45, 2.75) is 49.2 Å². The molecule has 9 heteroatoms. The number of thioether (sulfide) groups is 1. The van der Waals surface area contributed by atoms with Gasteiger partial charge in [0, 0.05) is 24.4 Å². The van der Waals surface area contributed by atoms with Gasteiger partial charge < -0.3 is 9.64 Å². The molecule has 34 heavy (non-hydrogen) atoms. The van der Waals surface area contributed by atoms with Crippen LogP contribution >= 0.6 is 11.8 Å². The summed E-state index contributed by atoms with van der Waals surface area (Å²) >= 11 is 1.32. The second kappa shape index (κ2) is 11.3. The van der Waals surface area contributed by atoms with Crippen LogP contribution in [0.3, 0.4) is 0 Å². The van der Waals surface area contributed by atoms with E-state index in [1.165, 1.54) is 23.9 Å². The predicted octanol–water partition coefficient (Wildman–Crippen LogP) is 4.69. The minimum atomic E-state index is -0.465. The molecule has 3 aromatic rings. The maximum Gasteiger partial charge on any atom is 0.240 e. The lowest BCUT2D eigenvalue weighted by molar-refractivity contribution is -0.117. The molecule has 1 fully saturated rings. The quantitative estimate of drug-likeness (QED) is 0.414. The Balaban J connectivity index is 1.59. The summed E-state index contributed by atoms with van der Waals surface area (Å²) in [5.74, 6) is 0.185. The Labute approximate surface area is 202 Å². The highest BCUT2D eigenvalue weighted by atomic mass is 32.2. The molecule has 0 bridgehead atoms. The molecule has 2 aromatic carbocycles. The highest BCUT2D eigenvalue weighted by molar-refractivity contribution is 8.00. The molecule has 4 rings (SSSR count). The first-order chi connectivity index (χ1) is 16.6. The van der Waals surface area contributed by atoms with Crippen molar-refractivity contribution in [3.8, 4) is 17.5 Å². The van der Waals surface area contributed by atoms with Crippen LogP contribution in [0, 0.1) is 17.1 Å². The summed E-state index contributed by atoms with van der Waals surface area (Å²) in [6, 6.07) is 17.6. The van der Waals surface area contributed by atoms with Crippen LogP contribution in [-0.2, 0) is 16.1 Å². The molecule has 0 saturated carbocycles. The zero-order chi connectivity index (χ0) is 23.9. The van der Waals surface area contributed by atoms with Crippen LogP contribution in [-0.4, -0.2) is 45.2 Å². The molecule has 1 aliphatic rings. The summed E-state index contributed by atoms with van der Waals surface area (Å²) < 4.78 is 21.3. The fourth-order valence-corrected chi connectivity index (χ4v) is 4.83. The van der Waals surface area contributed by atoms with Crippen molar-refractivity contribution in [1.29, 1.82) is 5.26 Å². The summed E-state index contributed by atoms with van der Waals surface area (Å²) in [7, 11) is 0. The van der Waals surface area contributed by atoms with E-state index in [0.29, 0.717) is 24.1 Å². The SMILES string of the molecule is CC(Sc1nnc(-c2ccc(F)cc2)n1CC1CCCO1)C(=O)N(CCC#N)c1ccccc1. The summed E-state index contributed by atoms with van der Waals surface area (Å²) in [5, 5.41) is 17.9. The Bertz CT molecular complexity index is 1140. The van der Waals surface area contributed by atoms with E-state index in [-0.39, 0.29) is 24.2 Å². The fourth-order valence-electron chi connectivity index (χ4n) is 3.91. The van der Waals surface area contributed by atoms with E-state index in [4.69, 9.17) is 10.00 Å². The first-order valence-electron chi connectivity index (χ1n) is 11.3. The summed E-state index contributed by atoms with van der Waals surface area (Å²) in [6.07, 6.45) is 2.22. The van der Waals surface area contributed by atoms with Crippen LogP contribution in [0.5, 0.6) is 0 Å². The molecule has 2 heterocycles. The molecule has 1 aromatic heterocycles. The van der Waals surface area contributed by atoms with Gasteiger partial charge in [-0.05, 0) is 56.2 Å². The number of amides is 1. The highest BCUT2D eigenvalue weighted by Gasteiger charge is 2.27. The lowest BCUT2D eigenvalue weighted by Crippen LogP contribution is -2.37. The number of hydrogen-bond donors (Lipinski definition) is 0. The standard InChI is InChI=1S/C25H26FN5O2S/c1-18(24(32)30(15-6-14-27)21-7-3-2-4-8-21)34-25-29-28-23(19-10-12-20(26)13-11-19)31(25)17-22-9-5-16-33-22/h2-4,7-8,10-13,18,22H,5-6,9,15-17H2,1H3. The van der Waals surface area contributed by atoms with Gasteiger partial charge in [-0.15, -0.1) is 10.2 Å². The lowest BCUT2D eigenvalue weighted by atomic mass is 10.2. The minimum absolute atomic E-state index is 0.0389. The third-order valence-electron chi connectivity index (χ3n) is 5.64. The molecule has 2 atom stereocenters. The van der Waals surface area contributed by atoms with Gasteiger partial charge in [-0.2, -0.15) is 5.26 Å². The third kappa shape index (κ3) is 5.64. The first kappa shape index (κ1) is 23.9. The number of halogens is 1. The van der Waals surface area contributed by atoms with E-state index in [9.17, 15) is 9.18 Å². The van der Waals surface area contributed by atoms with Gasteiger partial charge in [-0.25, -0.2) is 4.39 Å². The van der Waals surface area contributed by atoms with Crippen LogP contribution in [0.25, 0.3) is 11.4 Å². The molecule has 1 amide bonds. The number of aromatic nitrogens is 3. The monoisotopic (exact) mass is 479 g/mol. The number of ether oxygens (including phenoxy) is 1. The van der Waals surface area contributed by atoms with Gasteiger partial charge >= 0.3 is 0 Å². The average Bonchev–Trinajstić information content (AvgIpc) is 3.51. The van der Waals surface area contributed by atoms with Gasteiger partial charge in [0.1, 0.15) is 5.82 Å². The third-order valence-corrected chi connectivity index (χ3v) is 6.71. The lowest BCUT2D eigenvalue weighted by Gasteiger charge is -2.25. The summed E-state index contributed by atoms with van der Waals surface area (Å²) in [4.78, 5) is 15.0. The Morgan fingerprint density at radius 3 is 2.71 bits per heavy atom. The number of hydrogen-bond acceptors (Lipinski definition) is 6. The first-order valence-corrected chi connectivity index (χ1v) is 12.2. The smallest absolute Gasteiger partial charge is 0.240 e. The Morgan fingerprint density at radius 1 is 1.26 bits per heavy atom. The Kier molecular flexibility index (Phi) is 7.93. The van der Waals surface area contributed by atoms with E-state index in [1.54, 1.807) is 17.0 Å². The van der Waals surface area contributed by atoms with Crippen molar-refractivity contribution in [2.24, 2.45) is 0 Å². The van der Waals surface area contributed by atoms with E-state index in [0.717, 1.165) is 30.7 Å². The van der Waals surface area contributed by atoms with Crippen molar-refractivity contribution < 1.29 is 13.9 Å². The van der Waals surface area contributed by atoms with Crippen LogP contribution < -0.4 is 4.90 Å². The fraction of sp³-hybridized carbons (Fsp3) is 0.360. The summed E-state index contributed by atoms with van der Waals surface area (Å²) in [5.41, 5.74) is 1.50. The number of carbonyl (C=O) groups is 1. The summed E-state index contributed by atoms with van der Waals surface area (Å²) in [6.45, 7) is 3.42. The van der Waals surface area contributed by atoms with E-state index in [2.05, 4.69) is 16.3 Å². The molecular weight excluding hydrogens is 453 g/mol. The number of nitrogens with zero attached hydrogens (tertiary/aromatic N) is 5. The van der Waals surface area contributed by atoms with Gasteiger partial charge in [0.05, 0.1) is 30.4 Å². The van der Waals surface area contributed by atoms with Gasteiger partial charge in [-0.3, -0.25) is 9.36 Å². The van der Waals surface area contributed by atoms with Crippen LogP contribution in [0.4, 0.5) is 10.1 Å². The zero-order valence-electron chi connectivity index (χ0n) is 18.9. The molecular formula is C25H26FN5O2S. The normalized spacial score (nSPS) is 16.2. The van der Waals surface area contributed by atoms with E-state index in [1.807, 2.05) is 41.8 Å². The molecule has 0 radical (unpaired) electrons. The molecule has 176 valence electrons. The zero-order valence-corrected chi connectivity index (χ0v) is 19.7. The molecule has 1 aliphatic heterocycles.